The average Bonchev–Trinajstić information content (AvgIpc) is 2.34. The summed E-state index contributed by atoms with van der Waals surface area (Å²) in [4.78, 5) is 18.6. The molecule has 8 heteroatoms. The van der Waals surface area contributed by atoms with Crippen LogP contribution < -0.4 is 5.73 Å². The zero-order valence-electron chi connectivity index (χ0n) is 10.3. The Morgan fingerprint density at radius 2 is 2.00 bits per heavy atom. The molecule has 5 nitrogen and oxygen atoms in total. The topological polar surface area (TPSA) is 89.1 Å². The Hall–Kier alpha value is -2.38. The van der Waals surface area contributed by atoms with Gasteiger partial charge in [0.2, 0.25) is 5.95 Å². The minimum atomic E-state index is -4.53. The Morgan fingerprint density at radius 1 is 1.35 bits per heavy atom. The van der Waals surface area contributed by atoms with Gasteiger partial charge < -0.3 is 10.8 Å². The van der Waals surface area contributed by atoms with Crippen molar-refractivity contribution >= 4 is 22.8 Å². The number of halogens is 3. The Balaban J connectivity index is 2.75. The van der Waals surface area contributed by atoms with E-state index in [4.69, 9.17) is 10.8 Å². The molecule has 1 aromatic heterocycles. The van der Waals surface area contributed by atoms with Crippen LogP contribution in [-0.4, -0.2) is 21.0 Å². The van der Waals surface area contributed by atoms with Crippen LogP contribution in [0, 0.1) is 0 Å². The molecule has 1 aromatic carbocycles. The number of anilines is 1. The first kappa shape index (κ1) is 14.0. The third kappa shape index (κ3) is 2.49. The molecule has 0 fully saturated rings. The van der Waals surface area contributed by atoms with Crippen LogP contribution in [0.3, 0.4) is 0 Å². The Bertz CT molecular complexity index is 685. The monoisotopic (exact) mass is 285 g/mol. The molecule has 0 radical (unpaired) electrons. The van der Waals surface area contributed by atoms with Gasteiger partial charge in [0.25, 0.3) is 0 Å². The number of hydrogen-bond acceptors (Lipinski definition) is 4. The molecule has 20 heavy (non-hydrogen) atoms. The van der Waals surface area contributed by atoms with E-state index in [1.807, 2.05) is 0 Å². The van der Waals surface area contributed by atoms with Gasteiger partial charge in [0.15, 0.2) is 0 Å². The van der Waals surface area contributed by atoms with Gasteiger partial charge in [0.05, 0.1) is 22.7 Å². The molecule has 106 valence electrons. The number of fused-ring (bicyclic) bond motifs is 1. The van der Waals surface area contributed by atoms with Crippen molar-refractivity contribution in [2.75, 3.05) is 5.73 Å². The maximum atomic E-state index is 12.7. The van der Waals surface area contributed by atoms with E-state index in [-0.39, 0.29) is 22.5 Å². The first-order valence-corrected chi connectivity index (χ1v) is 5.57. The van der Waals surface area contributed by atoms with E-state index >= 15 is 0 Å². The van der Waals surface area contributed by atoms with Crippen LogP contribution >= 0.6 is 0 Å². The number of nitrogen functional groups attached to an aromatic ring is 1. The summed E-state index contributed by atoms with van der Waals surface area (Å²) in [5.41, 5.74) is 4.70. The van der Waals surface area contributed by atoms with Crippen molar-refractivity contribution in [1.82, 2.24) is 9.97 Å². The van der Waals surface area contributed by atoms with Crippen molar-refractivity contribution in [3.05, 3.63) is 29.5 Å². The van der Waals surface area contributed by atoms with Crippen LogP contribution in [0.2, 0.25) is 0 Å². The summed E-state index contributed by atoms with van der Waals surface area (Å²) in [6.45, 7) is 1.32. The highest BCUT2D eigenvalue weighted by molar-refractivity contribution is 5.88. The second kappa shape index (κ2) is 4.62. The van der Waals surface area contributed by atoms with Gasteiger partial charge in [0, 0.05) is 5.39 Å². The van der Waals surface area contributed by atoms with Gasteiger partial charge in [-0.25, -0.2) is 9.97 Å². The molecular formula is C12H10F3N3O2. The zero-order valence-corrected chi connectivity index (χ0v) is 10.3. The quantitative estimate of drug-likeness (QED) is 0.884. The van der Waals surface area contributed by atoms with Crippen molar-refractivity contribution in [2.45, 2.75) is 19.0 Å². The number of aromatic nitrogens is 2. The summed E-state index contributed by atoms with van der Waals surface area (Å²) in [7, 11) is 0. The SMILES string of the molecule is CC(C(=O)O)c1nc(N)nc2ccc(C(F)(F)F)cc12. The van der Waals surface area contributed by atoms with Gasteiger partial charge in [-0.05, 0) is 25.1 Å². The van der Waals surface area contributed by atoms with Crippen LogP contribution in [0.15, 0.2) is 18.2 Å². The minimum Gasteiger partial charge on any atom is -0.481 e. The average molecular weight is 285 g/mol. The van der Waals surface area contributed by atoms with Gasteiger partial charge in [-0.3, -0.25) is 4.79 Å². The Kier molecular flexibility index (Phi) is 3.24. The highest BCUT2D eigenvalue weighted by atomic mass is 19.4. The number of hydrogen-bond donors (Lipinski definition) is 2. The summed E-state index contributed by atoms with van der Waals surface area (Å²) in [5.74, 6) is -2.48. The number of nitrogens with zero attached hydrogens (tertiary/aromatic N) is 2. The molecule has 0 bridgehead atoms. The van der Waals surface area contributed by atoms with E-state index < -0.39 is 23.6 Å². The van der Waals surface area contributed by atoms with E-state index in [2.05, 4.69) is 9.97 Å². The fourth-order valence-electron chi connectivity index (χ4n) is 1.79. The van der Waals surface area contributed by atoms with Gasteiger partial charge in [-0.15, -0.1) is 0 Å². The van der Waals surface area contributed by atoms with Gasteiger partial charge in [0.1, 0.15) is 0 Å². The number of alkyl halides is 3. The molecule has 0 saturated carbocycles. The Labute approximate surface area is 111 Å². The maximum absolute atomic E-state index is 12.7. The van der Waals surface area contributed by atoms with Crippen molar-refractivity contribution in [2.24, 2.45) is 0 Å². The van der Waals surface area contributed by atoms with Crippen LogP contribution in [0.5, 0.6) is 0 Å². The van der Waals surface area contributed by atoms with Gasteiger partial charge in [-0.1, -0.05) is 0 Å². The molecule has 0 aliphatic rings. The molecule has 0 amide bonds. The highest BCUT2D eigenvalue weighted by Crippen LogP contribution is 2.33. The minimum absolute atomic E-state index is 0.0314. The summed E-state index contributed by atoms with van der Waals surface area (Å²) in [6.07, 6.45) is -4.53. The number of nitrogens with two attached hydrogens (primary N) is 1. The van der Waals surface area contributed by atoms with E-state index in [1.165, 1.54) is 6.92 Å². The van der Waals surface area contributed by atoms with Crippen LogP contribution in [0.1, 0.15) is 24.1 Å². The number of benzene rings is 1. The lowest BCUT2D eigenvalue weighted by atomic mass is 10.0. The summed E-state index contributed by atoms with van der Waals surface area (Å²) in [5, 5.41) is 9.02. The van der Waals surface area contributed by atoms with Crippen LogP contribution in [0.4, 0.5) is 19.1 Å². The van der Waals surface area contributed by atoms with Gasteiger partial charge in [-0.2, -0.15) is 13.2 Å². The second-order valence-corrected chi connectivity index (χ2v) is 4.26. The predicted octanol–water partition coefficient (Wildman–Crippen LogP) is 2.42. The molecule has 0 aliphatic carbocycles. The molecule has 1 heterocycles. The van der Waals surface area contributed by atoms with E-state index in [9.17, 15) is 18.0 Å². The standard InChI is InChI=1S/C12H10F3N3O2/c1-5(10(19)20)9-7-4-6(12(13,14)15)2-3-8(7)17-11(16)18-9/h2-5H,1H3,(H,19,20)(H2,16,17,18). The van der Waals surface area contributed by atoms with Crippen molar-refractivity contribution in [3.8, 4) is 0 Å². The summed E-state index contributed by atoms with van der Waals surface area (Å²) < 4.78 is 38.1. The smallest absolute Gasteiger partial charge is 0.416 e. The molecule has 1 unspecified atom stereocenters. The molecule has 1 atom stereocenters. The number of carboxylic acids is 1. The molecule has 0 spiro atoms. The normalized spacial score (nSPS) is 13.4. The molecule has 0 saturated heterocycles. The fraction of sp³-hybridized carbons (Fsp3) is 0.250. The lowest BCUT2D eigenvalue weighted by molar-refractivity contribution is -0.138. The lowest BCUT2D eigenvalue weighted by Crippen LogP contribution is -2.13. The van der Waals surface area contributed by atoms with E-state index in [0.29, 0.717) is 0 Å². The summed E-state index contributed by atoms with van der Waals surface area (Å²) >= 11 is 0. The third-order valence-corrected chi connectivity index (χ3v) is 2.85. The molecule has 2 aromatic rings. The second-order valence-electron chi connectivity index (χ2n) is 4.26. The van der Waals surface area contributed by atoms with Crippen LogP contribution in [-0.2, 0) is 11.0 Å². The number of carbonyl (C=O) groups is 1. The first-order valence-electron chi connectivity index (χ1n) is 5.57. The largest absolute Gasteiger partial charge is 0.481 e. The first-order chi connectivity index (χ1) is 9.20. The van der Waals surface area contributed by atoms with Gasteiger partial charge >= 0.3 is 12.1 Å². The van der Waals surface area contributed by atoms with Crippen molar-refractivity contribution in [3.63, 3.8) is 0 Å². The van der Waals surface area contributed by atoms with E-state index in [1.54, 1.807) is 0 Å². The summed E-state index contributed by atoms with van der Waals surface area (Å²) in [6, 6.07) is 2.85. The predicted molar refractivity (Wildman–Crippen MR) is 65.0 cm³/mol. The maximum Gasteiger partial charge on any atom is 0.416 e. The number of carboxylic acid groups (broad SMARTS) is 1. The zero-order chi connectivity index (χ0) is 15.1. The highest BCUT2D eigenvalue weighted by Gasteiger charge is 2.31. The number of rotatable bonds is 2. The van der Waals surface area contributed by atoms with Crippen molar-refractivity contribution < 1.29 is 23.1 Å². The lowest BCUT2D eigenvalue weighted by Gasteiger charge is -2.12. The third-order valence-electron chi connectivity index (χ3n) is 2.85. The molecular weight excluding hydrogens is 275 g/mol. The fourth-order valence-corrected chi connectivity index (χ4v) is 1.79. The molecule has 2 rings (SSSR count). The van der Waals surface area contributed by atoms with E-state index in [0.717, 1.165) is 18.2 Å². The Morgan fingerprint density at radius 3 is 2.55 bits per heavy atom. The number of aliphatic carboxylic acids is 1. The molecule has 3 N–H and O–H groups in total. The van der Waals surface area contributed by atoms with Crippen molar-refractivity contribution in [1.29, 1.82) is 0 Å². The van der Waals surface area contributed by atoms with Crippen LogP contribution in [0.25, 0.3) is 10.9 Å². The molecule has 0 aliphatic heterocycles.